The molecule has 0 spiro atoms. The van der Waals surface area contributed by atoms with E-state index in [2.05, 4.69) is 0 Å². The van der Waals surface area contributed by atoms with Gasteiger partial charge in [-0.25, -0.2) is 8.42 Å². The molecule has 84 valence electrons. The summed E-state index contributed by atoms with van der Waals surface area (Å²) in [7, 11) is -3.11. The van der Waals surface area contributed by atoms with Crippen molar-refractivity contribution in [3.63, 3.8) is 0 Å². The van der Waals surface area contributed by atoms with Crippen molar-refractivity contribution in [3.05, 3.63) is 41.3 Å². The van der Waals surface area contributed by atoms with Crippen LogP contribution in [0.4, 0.5) is 0 Å². The summed E-state index contributed by atoms with van der Waals surface area (Å²) in [5.41, 5.74) is 1.92. The lowest BCUT2D eigenvalue weighted by molar-refractivity contribution is 0.602. The van der Waals surface area contributed by atoms with Crippen molar-refractivity contribution < 1.29 is 8.42 Å². The Labute approximate surface area is 99.5 Å². The average Bonchev–Trinajstić information content (AvgIpc) is 2.61. The molecule has 0 radical (unpaired) electrons. The zero-order valence-electron chi connectivity index (χ0n) is 9.10. The smallest absolute Gasteiger partial charge is 0.176 e. The van der Waals surface area contributed by atoms with Crippen LogP contribution in [0.15, 0.2) is 40.6 Å². The molecule has 1 heterocycles. The summed E-state index contributed by atoms with van der Waals surface area (Å²) < 4.78 is 23.0. The Kier molecular flexibility index (Phi) is 2.86. The highest BCUT2D eigenvalue weighted by atomic mass is 32.2. The standard InChI is InChI=1S/C12H12O2S2/c1-9-11(16(2,13)14)8-15-12(9)10-6-4-3-5-7-10/h3-8H,1-2H3. The van der Waals surface area contributed by atoms with Crippen molar-refractivity contribution in [1.29, 1.82) is 0 Å². The summed E-state index contributed by atoms with van der Waals surface area (Å²) in [6, 6.07) is 9.84. The molecule has 0 aliphatic heterocycles. The molecule has 0 saturated heterocycles. The fourth-order valence-electron chi connectivity index (χ4n) is 1.64. The van der Waals surface area contributed by atoms with E-state index in [4.69, 9.17) is 0 Å². The van der Waals surface area contributed by atoms with Gasteiger partial charge in [-0.3, -0.25) is 0 Å². The molecule has 2 rings (SSSR count). The third-order valence-corrected chi connectivity index (χ3v) is 4.93. The molecule has 1 aromatic carbocycles. The lowest BCUT2D eigenvalue weighted by atomic mass is 10.1. The molecule has 2 aromatic rings. The van der Waals surface area contributed by atoms with Crippen molar-refractivity contribution in [2.45, 2.75) is 11.8 Å². The van der Waals surface area contributed by atoms with E-state index in [9.17, 15) is 8.42 Å². The van der Waals surface area contributed by atoms with Gasteiger partial charge in [0.25, 0.3) is 0 Å². The van der Waals surface area contributed by atoms with Gasteiger partial charge in [0.15, 0.2) is 9.84 Å². The molecule has 0 unspecified atom stereocenters. The van der Waals surface area contributed by atoms with Gasteiger partial charge in [0.2, 0.25) is 0 Å². The van der Waals surface area contributed by atoms with Crippen LogP contribution < -0.4 is 0 Å². The Morgan fingerprint density at radius 3 is 2.25 bits per heavy atom. The maximum atomic E-state index is 11.5. The predicted octanol–water partition coefficient (Wildman–Crippen LogP) is 3.13. The molecule has 0 N–H and O–H groups in total. The van der Waals surface area contributed by atoms with Gasteiger partial charge in [-0.1, -0.05) is 30.3 Å². The SMILES string of the molecule is Cc1c(S(C)(=O)=O)csc1-c1ccccc1. The molecule has 16 heavy (non-hydrogen) atoms. The van der Waals surface area contributed by atoms with Crippen LogP contribution in [0.5, 0.6) is 0 Å². The molecule has 1 aromatic heterocycles. The molecule has 2 nitrogen and oxygen atoms in total. The highest BCUT2D eigenvalue weighted by molar-refractivity contribution is 7.90. The van der Waals surface area contributed by atoms with Crippen LogP contribution in [0.1, 0.15) is 5.56 Å². The minimum atomic E-state index is -3.11. The highest BCUT2D eigenvalue weighted by Crippen LogP contribution is 2.34. The third kappa shape index (κ3) is 2.03. The van der Waals surface area contributed by atoms with Crippen LogP contribution in [-0.4, -0.2) is 14.7 Å². The molecular formula is C12H12O2S2. The minimum absolute atomic E-state index is 0.441. The molecule has 0 aliphatic carbocycles. The second kappa shape index (κ2) is 4.03. The molecule has 0 bridgehead atoms. The number of sulfone groups is 1. The summed E-state index contributed by atoms with van der Waals surface area (Å²) in [6.07, 6.45) is 1.25. The summed E-state index contributed by atoms with van der Waals surface area (Å²) in [5, 5.41) is 1.72. The number of hydrogen-bond acceptors (Lipinski definition) is 3. The first-order valence-corrected chi connectivity index (χ1v) is 7.61. The zero-order valence-corrected chi connectivity index (χ0v) is 10.7. The topological polar surface area (TPSA) is 34.1 Å². The van der Waals surface area contributed by atoms with E-state index in [1.54, 1.807) is 5.38 Å². The Bertz CT molecular complexity index is 595. The number of benzene rings is 1. The zero-order chi connectivity index (χ0) is 11.8. The normalized spacial score (nSPS) is 11.6. The fourth-order valence-corrected chi connectivity index (χ4v) is 4.17. The largest absolute Gasteiger partial charge is 0.224 e. The summed E-state index contributed by atoms with van der Waals surface area (Å²) in [4.78, 5) is 1.47. The van der Waals surface area contributed by atoms with E-state index < -0.39 is 9.84 Å². The van der Waals surface area contributed by atoms with Gasteiger partial charge in [-0.15, -0.1) is 11.3 Å². The second-order valence-corrected chi connectivity index (χ2v) is 6.56. The van der Waals surface area contributed by atoms with Crippen molar-refractivity contribution in [2.24, 2.45) is 0 Å². The molecular weight excluding hydrogens is 240 g/mol. The van der Waals surface area contributed by atoms with Crippen LogP contribution in [0.3, 0.4) is 0 Å². The Hall–Kier alpha value is -1.13. The van der Waals surface area contributed by atoms with Crippen molar-refractivity contribution in [2.75, 3.05) is 6.26 Å². The number of thiophene rings is 1. The molecule has 0 aliphatic rings. The molecule has 4 heteroatoms. The predicted molar refractivity (Wildman–Crippen MR) is 67.6 cm³/mol. The lowest BCUT2D eigenvalue weighted by Crippen LogP contribution is -1.96. The van der Waals surface area contributed by atoms with Gasteiger partial charge in [0, 0.05) is 16.5 Å². The monoisotopic (exact) mass is 252 g/mol. The molecule has 0 saturated carbocycles. The summed E-state index contributed by atoms with van der Waals surface area (Å²) in [5.74, 6) is 0. The van der Waals surface area contributed by atoms with Crippen molar-refractivity contribution in [3.8, 4) is 10.4 Å². The van der Waals surface area contributed by atoms with E-state index >= 15 is 0 Å². The first-order chi connectivity index (χ1) is 7.50. The Morgan fingerprint density at radius 2 is 1.75 bits per heavy atom. The first kappa shape index (κ1) is 11.4. The highest BCUT2D eigenvalue weighted by Gasteiger charge is 2.16. The van der Waals surface area contributed by atoms with E-state index in [0.29, 0.717) is 4.90 Å². The van der Waals surface area contributed by atoms with Crippen LogP contribution in [0.2, 0.25) is 0 Å². The summed E-state index contributed by atoms with van der Waals surface area (Å²) in [6.45, 7) is 1.86. The molecule has 0 amide bonds. The van der Waals surface area contributed by atoms with Crippen LogP contribution in [0.25, 0.3) is 10.4 Å². The number of rotatable bonds is 2. The van der Waals surface area contributed by atoms with E-state index in [1.807, 2.05) is 37.3 Å². The van der Waals surface area contributed by atoms with Gasteiger partial charge in [-0.2, -0.15) is 0 Å². The Balaban J connectivity index is 2.59. The van der Waals surface area contributed by atoms with Gasteiger partial charge < -0.3 is 0 Å². The second-order valence-electron chi connectivity index (χ2n) is 3.69. The van der Waals surface area contributed by atoms with Crippen molar-refractivity contribution >= 4 is 21.2 Å². The van der Waals surface area contributed by atoms with Crippen LogP contribution in [-0.2, 0) is 9.84 Å². The van der Waals surface area contributed by atoms with Crippen molar-refractivity contribution in [1.82, 2.24) is 0 Å². The van der Waals surface area contributed by atoms with E-state index in [1.165, 1.54) is 17.6 Å². The van der Waals surface area contributed by atoms with Gasteiger partial charge in [0.1, 0.15) is 0 Å². The molecule has 0 atom stereocenters. The Morgan fingerprint density at radius 1 is 1.12 bits per heavy atom. The lowest BCUT2D eigenvalue weighted by Gasteiger charge is -2.00. The maximum absolute atomic E-state index is 11.5. The van der Waals surface area contributed by atoms with E-state index in [0.717, 1.165) is 16.0 Å². The fraction of sp³-hybridized carbons (Fsp3) is 0.167. The van der Waals surface area contributed by atoms with Gasteiger partial charge in [0.05, 0.1) is 4.90 Å². The quantitative estimate of drug-likeness (QED) is 0.823. The number of hydrogen-bond donors (Lipinski definition) is 0. The average molecular weight is 252 g/mol. The first-order valence-electron chi connectivity index (χ1n) is 4.83. The minimum Gasteiger partial charge on any atom is -0.224 e. The maximum Gasteiger partial charge on any atom is 0.176 e. The third-order valence-electron chi connectivity index (χ3n) is 2.43. The van der Waals surface area contributed by atoms with E-state index in [-0.39, 0.29) is 0 Å². The van der Waals surface area contributed by atoms with Crippen LogP contribution >= 0.6 is 11.3 Å². The summed E-state index contributed by atoms with van der Waals surface area (Å²) >= 11 is 1.48. The van der Waals surface area contributed by atoms with Gasteiger partial charge in [-0.05, 0) is 18.1 Å². The van der Waals surface area contributed by atoms with Crippen LogP contribution in [0, 0.1) is 6.92 Å². The molecule has 0 fully saturated rings. The van der Waals surface area contributed by atoms with Gasteiger partial charge >= 0.3 is 0 Å².